The van der Waals surface area contributed by atoms with E-state index in [0.29, 0.717) is 19.3 Å². The van der Waals surface area contributed by atoms with Gasteiger partial charge in [-0.1, -0.05) is 247 Å². The maximum Gasteiger partial charge on any atom is 0.306 e. The van der Waals surface area contributed by atoms with Crippen LogP contribution < -0.4 is 5.32 Å². The van der Waals surface area contributed by atoms with E-state index >= 15 is 0 Å². The van der Waals surface area contributed by atoms with E-state index in [1.807, 2.05) is 60.8 Å². The topological polar surface area (TPSA) is 175 Å². The summed E-state index contributed by atoms with van der Waals surface area (Å²) in [5, 5.41) is 56.8. The zero-order chi connectivity index (χ0) is 53.3. The van der Waals surface area contributed by atoms with Crippen LogP contribution in [0.25, 0.3) is 0 Å². The number of aliphatic hydroxyl groups excluding tert-OH is 5. The Hall–Kier alpha value is -3.16. The molecular weight excluding hydrogens is 919 g/mol. The van der Waals surface area contributed by atoms with Crippen molar-refractivity contribution in [2.75, 3.05) is 13.2 Å². The minimum atomic E-state index is -1.65. The second kappa shape index (κ2) is 49.7. The molecule has 1 aliphatic rings. The number of allylic oxidation sites excluding steroid dienone is 13. The summed E-state index contributed by atoms with van der Waals surface area (Å²) in [6.45, 7) is 5.59. The van der Waals surface area contributed by atoms with Gasteiger partial charge in [0.1, 0.15) is 24.4 Å². The first-order valence-electron chi connectivity index (χ1n) is 29.4. The van der Waals surface area contributed by atoms with Gasteiger partial charge in [-0.15, -0.1) is 0 Å². The van der Waals surface area contributed by atoms with E-state index in [-0.39, 0.29) is 19.4 Å². The summed E-state index contributed by atoms with van der Waals surface area (Å²) < 4.78 is 17.5. The molecule has 73 heavy (non-hydrogen) atoms. The molecule has 0 radical (unpaired) electrons. The van der Waals surface area contributed by atoms with Crippen LogP contribution in [0, 0.1) is 0 Å². The summed E-state index contributed by atoms with van der Waals surface area (Å²) in [6.07, 6.45) is 53.5. The van der Waals surface area contributed by atoms with E-state index < -0.39 is 67.4 Å². The third-order valence-corrected chi connectivity index (χ3v) is 13.4. The van der Waals surface area contributed by atoms with Crippen molar-refractivity contribution >= 4 is 11.9 Å². The Morgan fingerprint density at radius 2 is 1.00 bits per heavy atom. The smallest absolute Gasteiger partial charge is 0.306 e. The summed E-state index contributed by atoms with van der Waals surface area (Å²) in [6, 6.07) is -1.04. The van der Waals surface area contributed by atoms with E-state index in [4.69, 9.17) is 14.2 Å². The first-order valence-corrected chi connectivity index (χ1v) is 29.4. The molecule has 0 bridgehead atoms. The SMILES string of the molecule is CC/C=C/C=C/C=C\C=C/C=C/CCCC(=O)OC1C(OCC(NC(=O)C(O)CCCCCCCCCC/C=C/CCCCCCCC)C(O)/C=C/CCCCCCCCCCCCC)OC(CO)C(O)C1O. The van der Waals surface area contributed by atoms with Gasteiger partial charge < -0.3 is 45.1 Å². The lowest BCUT2D eigenvalue weighted by Crippen LogP contribution is -2.61. The maximum atomic E-state index is 13.4. The van der Waals surface area contributed by atoms with Crippen LogP contribution in [0.4, 0.5) is 0 Å². The molecule has 420 valence electrons. The molecular formula is C62H107NO10. The molecule has 11 nitrogen and oxygen atoms in total. The van der Waals surface area contributed by atoms with Crippen LogP contribution in [-0.4, -0.2) is 99.6 Å². The van der Waals surface area contributed by atoms with Gasteiger partial charge in [-0.05, 0) is 64.2 Å². The van der Waals surface area contributed by atoms with Crippen molar-refractivity contribution in [3.05, 3.63) is 85.1 Å². The second-order valence-corrected chi connectivity index (χ2v) is 20.1. The fourth-order valence-electron chi connectivity index (χ4n) is 8.73. The normalized spacial score (nSPS) is 20.0. The predicted octanol–water partition coefficient (Wildman–Crippen LogP) is 13.4. The summed E-state index contributed by atoms with van der Waals surface area (Å²) in [5.41, 5.74) is 0. The van der Waals surface area contributed by atoms with Gasteiger partial charge in [0, 0.05) is 6.42 Å². The Morgan fingerprint density at radius 3 is 1.51 bits per heavy atom. The molecule has 8 unspecified atom stereocenters. The number of esters is 1. The van der Waals surface area contributed by atoms with Gasteiger partial charge >= 0.3 is 5.97 Å². The lowest BCUT2D eigenvalue weighted by atomic mass is 9.99. The highest BCUT2D eigenvalue weighted by Crippen LogP contribution is 2.26. The molecule has 0 spiro atoms. The van der Waals surface area contributed by atoms with E-state index in [1.54, 1.807) is 6.08 Å². The van der Waals surface area contributed by atoms with Gasteiger partial charge in [0.25, 0.3) is 0 Å². The quantitative estimate of drug-likeness (QED) is 0.0149. The predicted molar refractivity (Wildman–Crippen MR) is 301 cm³/mol. The van der Waals surface area contributed by atoms with Crippen LogP contribution in [0.3, 0.4) is 0 Å². The number of carbonyl (C=O) groups is 2. The summed E-state index contributed by atoms with van der Waals surface area (Å²) in [7, 11) is 0. The van der Waals surface area contributed by atoms with Gasteiger partial charge in [0.2, 0.25) is 5.91 Å². The number of carbonyl (C=O) groups excluding carboxylic acids is 2. The Labute approximate surface area is 444 Å². The summed E-state index contributed by atoms with van der Waals surface area (Å²) in [4.78, 5) is 26.4. The molecule has 1 heterocycles. The highest BCUT2D eigenvalue weighted by atomic mass is 16.7. The molecule has 1 amide bonds. The number of ether oxygens (including phenoxy) is 3. The van der Waals surface area contributed by atoms with Crippen LogP contribution >= 0.6 is 0 Å². The fraction of sp³-hybridized carbons (Fsp3) is 0.742. The zero-order valence-corrected chi connectivity index (χ0v) is 46.2. The molecule has 1 saturated heterocycles. The summed E-state index contributed by atoms with van der Waals surface area (Å²) >= 11 is 0. The number of aliphatic hydroxyl groups is 5. The van der Waals surface area contributed by atoms with Crippen molar-refractivity contribution in [3.63, 3.8) is 0 Å². The van der Waals surface area contributed by atoms with Crippen LogP contribution in [-0.2, 0) is 23.8 Å². The average molecular weight is 1030 g/mol. The fourth-order valence-corrected chi connectivity index (χ4v) is 8.73. The lowest BCUT2D eigenvalue weighted by Gasteiger charge is -2.41. The maximum absolute atomic E-state index is 13.4. The van der Waals surface area contributed by atoms with E-state index in [0.717, 1.165) is 51.4 Å². The van der Waals surface area contributed by atoms with Gasteiger partial charge in [0.05, 0.1) is 25.4 Å². The molecule has 0 aromatic heterocycles. The molecule has 1 fully saturated rings. The molecule has 11 heteroatoms. The van der Waals surface area contributed by atoms with Gasteiger partial charge in [-0.2, -0.15) is 0 Å². The molecule has 0 aromatic carbocycles. The van der Waals surface area contributed by atoms with Crippen LogP contribution in [0.5, 0.6) is 0 Å². The number of unbranched alkanes of at least 4 members (excludes halogenated alkanes) is 26. The Kier molecular flexibility index (Phi) is 46.2. The van der Waals surface area contributed by atoms with E-state index in [1.165, 1.54) is 128 Å². The number of amides is 1. The van der Waals surface area contributed by atoms with Crippen molar-refractivity contribution < 1.29 is 49.3 Å². The van der Waals surface area contributed by atoms with Gasteiger partial charge in [-0.3, -0.25) is 9.59 Å². The number of nitrogens with one attached hydrogen (secondary N) is 1. The number of hydrogen-bond acceptors (Lipinski definition) is 10. The van der Waals surface area contributed by atoms with Gasteiger partial charge in [0.15, 0.2) is 12.4 Å². The van der Waals surface area contributed by atoms with Crippen molar-refractivity contribution in [2.45, 2.75) is 282 Å². The number of rotatable bonds is 48. The molecule has 6 N–H and O–H groups in total. The van der Waals surface area contributed by atoms with Crippen LogP contribution in [0.15, 0.2) is 85.1 Å². The minimum Gasteiger partial charge on any atom is -0.454 e. The third-order valence-electron chi connectivity index (χ3n) is 13.4. The van der Waals surface area contributed by atoms with Crippen molar-refractivity contribution in [1.29, 1.82) is 0 Å². The molecule has 8 atom stereocenters. The third kappa shape index (κ3) is 38.1. The Balaban J connectivity index is 2.76. The highest BCUT2D eigenvalue weighted by molar-refractivity contribution is 5.80. The second-order valence-electron chi connectivity index (χ2n) is 20.1. The van der Waals surface area contributed by atoms with E-state index in [2.05, 4.69) is 44.3 Å². The van der Waals surface area contributed by atoms with Crippen molar-refractivity contribution in [2.24, 2.45) is 0 Å². The standard InChI is InChI=1S/C62H107NO10/c1-4-7-10-13-16-19-22-25-26-27-28-29-32-34-37-40-43-46-49-55(66)61(70)63-53(54(65)48-45-42-39-36-33-30-23-20-17-14-11-8-5-2)52-71-62-60(59(69)58(68)56(51-64)72-62)73-57(67)50-47-44-41-38-35-31-24-21-18-15-12-9-6-3/h9,12,15,18,21,24-26,31,35,38,41,45,48,53-56,58-60,62,64-66,68-69H,4-8,10-11,13-14,16-17,19-20,22-23,27-30,32-34,36-37,39-40,42-44,46-47,49-52H2,1-3H3,(H,63,70)/b12-9+,18-15+,24-21-,26-25+,35-31-,41-38+,48-45+. The lowest BCUT2D eigenvalue weighted by molar-refractivity contribution is -0.305. The average Bonchev–Trinajstić information content (AvgIpc) is 3.39. The van der Waals surface area contributed by atoms with Gasteiger partial charge in [-0.25, -0.2) is 0 Å². The minimum absolute atomic E-state index is 0.0240. The van der Waals surface area contributed by atoms with Crippen LogP contribution in [0.1, 0.15) is 233 Å². The first-order chi connectivity index (χ1) is 35.7. The molecule has 0 aromatic rings. The monoisotopic (exact) mass is 1030 g/mol. The highest BCUT2D eigenvalue weighted by Gasteiger charge is 2.47. The summed E-state index contributed by atoms with van der Waals surface area (Å²) in [5.74, 6) is -1.28. The van der Waals surface area contributed by atoms with Crippen LogP contribution in [0.2, 0.25) is 0 Å². The Bertz CT molecular complexity index is 1510. The molecule has 0 saturated carbocycles. The molecule has 1 rings (SSSR count). The van der Waals surface area contributed by atoms with E-state index in [9.17, 15) is 35.1 Å². The number of hydrogen-bond donors (Lipinski definition) is 6. The zero-order valence-electron chi connectivity index (χ0n) is 46.2. The molecule has 0 aliphatic carbocycles. The van der Waals surface area contributed by atoms with Crippen molar-refractivity contribution in [3.8, 4) is 0 Å². The Morgan fingerprint density at radius 1 is 0.548 bits per heavy atom. The van der Waals surface area contributed by atoms with Crippen molar-refractivity contribution in [1.82, 2.24) is 5.32 Å². The molecule has 1 aliphatic heterocycles. The largest absolute Gasteiger partial charge is 0.454 e. The first kappa shape index (κ1) is 67.9.